The minimum atomic E-state index is -1.76. The fraction of sp³-hybridized carbons (Fsp3) is 0.636. The molecule has 1 rings (SSSR count). The van der Waals surface area contributed by atoms with E-state index >= 15 is 0 Å². The Hall–Kier alpha value is -1.71. The highest BCUT2D eigenvalue weighted by atomic mass is 35.5. The van der Waals surface area contributed by atoms with Gasteiger partial charge in [0.15, 0.2) is 5.82 Å². The van der Waals surface area contributed by atoms with E-state index < -0.39 is 13.4 Å². The Bertz CT molecular complexity index is 509. The van der Waals surface area contributed by atoms with Gasteiger partial charge in [-0.1, -0.05) is 5.92 Å². The van der Waals surface area contributed by atoms with Crippen LogP contribution in [0.15, 0.2) is 0 Å². The van der Waals surface area contributed by atoms with Crippen molar-refractivity contribution in [1.82, 2.24) is 25.5 Å². The smallest absolute Gasteiger partial charge is 0.402 e. The lowest BCUT2D eigenvalue weighted by Crippen LogP contribution is -2.30. The molecule has 1 atom stereocenters. The van der Waals surface area contributed by atoms with Crippen LogP contribution in [0, 0.1) is 12.3 Å². The molecule has 12 heteroatoms. The normalized spacial score (nSPS) is 11.2. The Balaban J connectivity index is 0.00000484. The van der Waals surface area contributed by atoms with Gasteiger partial charge in [0.05, 0.1) is 12.6 Å². The molecule has 1 heterocycles. The molecule has 0 fully saturated rings. The fourth-order valence-electron chi connectivity index (χ4n) is 1.72. The van der Waals surface area contributed by atoms with E-state index in [4.69, 9.17) is 22.2 Å². The molecule has 128 valence electrons. The van der Waals surface area contributed by atoms with Gasteiger partial charge in [-0.15, -0.1) is 23.9 Å². The largest absolute Gasteiger partial charge is 0.633 e. The molecule has 1 amide bonds. The van der Waals surface area contributed by atoms with Crippen molar-refractivity contribution < 1.29 is 19.5 Å². The number of tetrazole rings is 1. The van der Waals surface area contributed by atoms with E-state index in [0.29, 0.717) is 25.1 Å². The number of amides is 1. The van der Waals surface area contributed by atoms with E-state index in [2.05, 4.69) is 31.4 Å². The number of aromatic nitrogens is 4. The van der Waals surface area contributed by atoms with Crippen LogP contribution in [-0.4, -0.2) is 56.6 Å². The summed E-state index contributed by atoms with van der Waals surface area (Å²) < 4.78 is 5.91. The quantitative estimate of drug-likeness (QED) is 0.216. The van der Waals surface area contributed by atoms with E-state index in [1.54, 1.807) is 0 Å². The van der Waals surface area contributed by atoms with Crippen molar-refractivity contribution >= 4 is 25.6 Å². The molecule has 23 heavy (non-hydrogen) atoms. The monoisotopic (exact) mass is 346 g/mol. The summed E-state index contributed by atoms with van der Waals surface area (Å²) in [6, 6.07) is -0.436. The molecular formula is C11H20BClN6O4. The Labute approximate surface area is 140 Å². The zero-order chi connectivity index (χ0) is 16.4. The number of carbonyl (C=O) groups is 1. The second-order valence-electron chi connectivity index (χ2n) is 4.47. The Morgan fingerprint density at radius 3 is 2.91 bits per heavy atom. The van der Waals surface area contributed by atoms with Crippen molar-refractivity contribution in [2.75, 3.05) is 13.2 Å². The molecule has 0 saturated heterocycles. The molecule has 0 saturated carbocycles. The number of nitrogens with two attached hydrogens (primary N) is 1. The van der Waals surface area contributed by atoms with Gasteiger partial charge in [0, 0.05) is 6.61 Å². The van der Waals surface area contributed by atoms with Crippen molar-refractivity contribution in [3.8, 4) is 12.3 Å². The predicted octanol–water partition coefficient (Wildman–Crippen LogP) is -2.00. The lowest BCUT2D eigenvalue weighted by Gasteiger charge is -2.11. The van der Waals surface area contributed by atoms with E-state index in [0.717, 1.165) is 0 Å². The molecule has 5 N–H and O–H groups in total. The third-order valence-electron chi connectivity index (χ3n) is 2.75. The second-order valence-corrected chi connectivity index (χ2v) is 4.47. The number of nitrogens with one attached hydrogen (secondary N) is 1. The first-order valence-electron chi connectivity index (χ1n) is 6.74. The molecule has 1 aromatic rings. The van der Waals surface area contributed by atoms with Gasteiger partial charge in [0.1, 0.15) is 6.54 Å². The van der Waals surface area contributed by atoms with Crippen molar-refractivity contribution in [1.29, 1.82) is 0 Å². The molecule has 0 unspecified atom stereocenters. The SMILES string of the molecule is C#CCNC(=O)Cn1nnnc1[C@@H](N)CCCCOB(O)O.Cl. The third-order valence-corrected chi connectivity index (χ3v) is 2.75. The Morgan fingerprint density at radius 2 is 2.26 bits per heavy atom. The van der Waals surface area contributed by atoms with Crippen molar-refractivity contribution in [2.45, 2.75) is 31.8 Å². The number of unbranched alkanes of at least 4 members (excludes halogenated alkanes) is 1. The molecule has 10 nitrogen and oxygen atoms in total. The van der Waals surface area contributed by atoms with E-state index in [1.165, 1.54) is 4.68 Å². The van der Waals surface area contributed by atoms with Crippen LogP contribution in [0.25, 0.3) is 0 Å². The van der Waals surface area contributed by atoms with Crippen LogP contribution in [-0.2, 0) is 16.0 Å². The van der Waals surface area contributed by atoms with E-state index in [-0.39, 0.29) is 38.0 Å². The molecule has 0 spiro atoms. The Morgan fingerprint density at radius 1 is 1.52 bits per heavy atom. The average molecular weight is 347 g/mol. The van der Waals surface area contributed by atoms with Crippen molar-refractivity contribution in [3.63, 3.8) is 0 Å². The van der Waals surface area contributed by atoms with Crippen LogP contribution < -0.4 is 11.1 Å². The van der Waals surface area contributed by atoms with Gasteiger partial charge in [-0.3, -0.25) is 4.79 Å². The highest BCUT2D eigenvalue weighted by molar-refractivity contribution is 6.32. The number of hydrogen-bond acceptors (Lipinski definition) is 8. The predicted molar refractivity (Wildman–Crippen MR) is 83.8 cm³/mol. The van der Waals surface area contributed by atoms with Crippen LogP contribution in [0.4, 0.5) is 0 Å². The first kappa shape index (κ1) is 21.3. The zero-order valence-corrected chi connectivity index (χ0v) is 13.3. The molecule has 0 aliphatic rings. The van der Waals surface area contributed by atoms with Gasteiger partial charge in [-0.25, -0.2) is 4.68 Å². The number of terminal acetylenes is 1. The minimum absolute atomic E-state index is 0. The molecule has 0 radical (unpaired) electrons. The maximum atomic E-state index is 11.6. The van der Waals surface area contributed by atoms with Crippen LogP contribution in [0.2, 0.25) is 0 Å². The van der Waals surface area contributed by atoms with Gasteiger partial charge < -0.3 is 25.8 Å². The number of nitrogens with zero attached hydrogens (tertiary/aromatic N) is 4. The molecular weight excluding hydrogens is 326 g/mol. The summed E-state index contributed by atoms with van der Waals surface area (Å²) in [7, 11) is -1.76. The Kier molecular flexibility index (Phi) is 10.9. The van der Waals surface area contributed by atoms with Gasteiger partial charge in [0.25, 0.3) is 0 Å². The maximum absolute atomic E-state index is 11.6. The fourth-order valence-corrected chi connectivity index (χ4v) is 1.72. The third kappa shape index (κ3) is 8.48. The molecule has 0 bridgehead atoms. The topological polar surface area (TPSA) is 148 Å². The molecule has 0 aliphatic heterocycles. The van der Waals surface area contributed by atoms with Crippen molar-refractivity contribution in [3.05, 3.63) is 5.82 Å². The molecule has 0 aromatic carbocycles. The number of rotatable bonds is 10. The average Bonchev–Trinajstić information content (AvgIpc) is 2.92. The van der Waals surface area contributed by atoms with Crippen LogP contribution in [0.1, 0.15) is 31.1 Å². The summed E-state index contributed by atoms with van der Waals surface area (Å²) >= 11 is 0. The maximum Gasteiger partial charge on any atom is 0.633 e. The van der Waals surface area contributed by atoms with Gasteiger partial charge in [-0.05, 0) is 29.7 Å². The van der Waals surface area contributed by atoms with Gasteiger partial charge >= 0.3 is 7.32 Å². The van der Waals surface area contributed by atoms with Crippen molar-refractivity contribution in [2.24, 2.45) is 5.73 Å². The van der Waals surface area contributed by atoms with Gasteiger partial charge in [0.2, 0.25) is 5.91 Å². The van der Waals surface area contributed by atoms with Crippen LogP contribution in [0.3, 0.4) is 0 Å². The summed E-state index contributed by atoms with van der Waals surface area (Å²) in [5.41, 5.74) is 5.99. The minimum Gasteiger partial charge on any atom is -0.402 e. The van der Waals surface area contributed by atoms with Gasteiger partial charge in [-0.2, -0.15) is 0 Å². The summed E-state index contributed by atoms with van der Waals surface area (Å²) in [6.45, 7) is 0.292. The summed E-state index contributed by atoms with van der Waals surface area (Å²) in [6.07, 6.45) is 6.91. The summed E-state index contributed by atoms with van der Waals surface area (Å²) in [4.78, 5) is 11.6. The van der Waals surface area contributed by atoms with Crippen LogP contribution in [0.5, 0.6) is 0 Å². The first-order chi connectivity index (χ1) is 10.5. The second kappa shape index (κ2) is 11.8. The zero-order valence-electron chi connectivity index (χ0n) is 12.5. The molecule has 0 aliphatic carbocycles. The van der Waals surface area contributed by atoms with Crippen LogP contribution >= 0.6 is 12.4 Å². The summed E-state index contributed by atoms with van der Waals surface area (Å²) in [5, 5.41) is 30.6. The number of carbonyl (C=O) groups excluding carboxylic acids is 1. The summed E-state index contributed by atoms with van der Waals surface area (Å²) in [5.74, 6) is 2.40. The number of halogens is 1. The highest BCUT2D eigenvalue weighted by Gasteiger charge is 2.17. The standard InChI is InChI=1S/C11H19BN6O4.ClH/c1-2-6-14-10(19)8-18-11(15-16-17-18)9(13)5-3-4-7-22-12(20)21;/h1,9,20-21H,3-8,13H2,(H,14,19);1H/t9-;/m0./s1. The van der Waals surface area contributed by atoms with E-state index in [9.17, 15) is 4.79 Å². The first-order valence-corrected chi connectivity index (χ1v) is 6.74. The lowest BCUT2D eigenvalue weighted by atomic mass is 10.1. The number of hydrogen-bond donors (Lipinski definition) is 4. The lowest BCUT2D eigenvalue weighted by molar-refractivity contribution is -0.121. The highest BCUT2D eigenvalue weighted by Crippen LogP contribution is 2.13. The molecule has 1 aromatic heterocycles. The van der Waals surface area contributed by atoms with E-state index in [1.807, 2.05) is 0 Å².